The summed E-state index contributed by atoms with van der Waals surface area (Å²) in [6.45, 7) is 0.120. The van der Waals surface area contributed by atoms with Gasteiger partial charge >= 0.3 is 0 Å². The molecule has 0 atom stereocenters. The predicted octanol–water partition coefficient (Wildman–Crippen LogP) is 5.41. The van der Waals surface area contributed by atoms with Crippen LogP contribution < -0.4 is 11.1 Å². The maximum Gasteiger partial charge on any atom is 0.255 e. The molecule has 0 unspecified atom stereocenters. The minimum absolute atomic E-state index is 0.0380. The summed E-state index contributed by atoms with van der Waals surface area (Å²) in [5.41, 5.74) is 6.75. The molecule has 0 spiro atoms. The van der Waals surface area contributed by atoms with E-state index in [1.807, 2.05) is 0 Å². The Morgan fingerprint density at radius 3 is 1.94 bits per heavy atom. The molecule has 0 aromatic heterocycles. The highest BCUT2D eigenvalue weighted by Crippen LogP contribution is 2.27. The fraction of sp³-hybridized carbons (Fsp3) is 0.259. The number of benzene rings is 3. The second-order valence-electron chi connectivity index (χ2n) is 8.97. The molecule has 1 aliphatic carbocycles. The van der Waals surface area contributed by atoms with Crippen molar-refractivity contribution in [2.75, 3.05) is 5.32 Å². The van der Waals surface area contributed by atoms with Crippen LogP contribution in [0.3, 0.4) is 0 Å². The van der Waals surface area contributed by atoms with E-state index in [4.69, 9.17) is 5.73 Å². The molecule has 1 saturated carbocycles. The molecule has 3 aromatic rings. The van der Waals surface area contributed by atoms with Gasteiger partial charge in [0.05, 0.1) is 0 Å². The monoisotopic (exact) mass is 499 g/mol. The third-order valence-corrected chi connectivity index (χ3v) is 6.22. The van der Waals surface area contributed by atoms with Gasteiger partial charge in [0.1, 0.15) is 23.3 Å². The van der Waals surface area contributed by atoms with Gasteiger partial charge in [-0.2, -0.15) is 0 Å². The van der Waals surface area contributed by atoms with E-state index in [0.29, 0.717) is 49.1 Å². The topological polar surface area (TPSA) is 75.4 Å². The highest BCUT2D eigenvalue weighted by atomic mass is 19.1. The Morgan fingerprint density at radius 1 is 0.806 bits per heavy atom. The van der Waals surface area contributed by atoms with Gasteiger partial charge in [0.2, 0.25) is 0 Å². The lowest BCUT2D eigenvalue weighted by atomic mass is 9.90. The molecule has 0 bridgehead atoms. The van der Waals surface area contributed by atoms with Crippen molar-refractivity contribution in [2.24, 2.45) is 5.73 Å². The summed E-state index contributed by atoms with van der Waals surface area (Å²) in [6.07, 6.45) is 2.72. The molecule has 3 aromatic carbocycles. The van der Waals surface area contributed by atoms with Crippen molar-refractivity contribution in [3.05, 3.63) is 101 Å². The quantitative estimate of drug-likeness (QED) is 0.446. The maximum atomic E-state index is 13.8. The summed E-state index contributed by atoms with van der Waals surface area (Å²) < 4.78 is 54.6. The summed E-state index contributed by atoms with van der Waals surface area (Å²) in [7, 11) is 0. The first-order chi connectivity index (χ1) is 17.2. The average molecular weight is 500 g/mol. The van der Waals surface area contributed by atoms with Gasteiger partial charge in [-0.3, -0.25) is 9.59 Å². The van der Waals surface area contributed by atoms with E-state index < -0.39 is 35.1 Å². The molecule has 0 aliphatic heterocycles. The molecular weight excluding hydrogens is 474 g/mol. The molecule has 3 N–H and O–H groups in total. The van der Waals surface area contributed by atoms with Crippen LogP contribution in [0.4, 0.5) is 23.2 Å². The molecule has 1 aliphatic rings. The Bertz CT molecular complexity index is 1240. The van der Waals surface area contributed by atoms with E-state index in [2.05, 4.69) is 5.32 Å². The first-order valence-corrected chi connectivity index (χ1v) is 11.6. The third-order valence-electron chi connectivity index (χ3n) is 6.22. The van der Waals surface area contributed by atoms with Crippen LogP contribution in [-0.2, 0) is 6.54 Å². The smallest absolute Gasteiger partial charge is 0.255 e. The lowest BCUT2D eigenvalue weighted by Gasteiger charge is -2.36. The van der Waals surface area contributed by atoms with Gasteiger partial charge in [0.15, 0.2) is 0 Å². The Hall–Kier alpha value is -3.72. The summed E-state index contributed by atoms with van der Waals surface area (Å²) in [4.78, 5) is 27.4. The highest BCUT2D eigenvalue weighted by molar-refractivity contribution is 6.04. The Kier molecular flexibility index (Phi) is 7.69. The van der Waals surface area contributed by atoms with Crippen LogP contribution in [0.2, 0.25) is 0 Å². The number of amides is 2. The summed E-state index contributed by atoms with van der Waals surface area (Å²) in [5, 5.41) is 2.60. The third kappa shape index (κ3) is 6.28. The average Bonchev–Trinajstić information content (AvgIpc) is 2.82. The minimum Gasteiger partial charge on any atom is -0.331 e. The van der Waals surface area contributed by atoms with Crippen molar-refractivity contribution >= 4 is 17.5 Å². The van der Waals surface area contributed by atoms with E-state index in [9.17, 15) is 27.2 Å². The normalized spacial score (nSPS) is 17.5. The van der Waals surface area contributed by atoms with E-state index >= 15 is 0 Å². The number of anilines is 1. The zero-order valence-corrected chi connectivity index (χ0v) is 19.3. The van der Waals surface area contributed by atoms with E-state index in [1.54, 1.807) is 29.2 Å². The number of halogens is 4. The minimum atomic E-state index is -0.871. The summed E-state index contributed by atoms with van der Waals surface area (Å²) in [5.74, 6) is -4.65. The fourth-order valence-electron chi connectivity index (χ4n) is 4.46. The van der Waals surface area contributed by atoms with E-state index in [-0.39, 0.29) is 29.8 Å². The lowest BCUT2D eigenvalue weighted by Crippen LogP contribution is -2.44. The molecular formula is C27H25F4N3O2. The molecule has 0 radical (unpaired) electrons. The number of nitrogens with one attached hydrogen (secondary N) is 1. The molecule has 5 nitrogen and oxygen atoms in total. The van der Waals surface area contributed by atoms with Crippen molar-refractivity contribution in [2.45, 2.75) is 44.3 Å². The lowest BCUT2D eigenvalue weighted by molar-refractivity contribution is 0.0605. The van der Waals surface area contributed by atoms with Crippen LogP contribution in [0, 0.1) is 23.3 Å². The van der Waals surface area contributed by atoms with Gasteiger partial charge in [-0.25, -0.2) is 17.6 Å². The molecule has 4 rings (SSSR count). The van der Waals surface area contributed by atoms with Gasteiger partial charge in [-0.05, 0) is 67.6 Å². The highest BCUT2D eigenvalue weighted by Gasteiger charge is 2.29. The number of hydrogen-bond donors (Lipinski definition) is 2. The van der Waals surface area contributed by atoms with Crippen molar-refractivity contribution in [1.82, 2.24) is 4.90 Å². The van der Waals surface area contributed by atoms with Crippen molar-refractivity contribution in [1.29, 1.82) is 0 Å². The summed E-state index contributed by atoms with van der Waals surface area (Å²) >= 11 is 0. The largest absolute Gasteiger partial charge is 0.331 e. The standard InChI is InChI=1S/C27H25F4N3O2/c28-19-9-17(10-20(29)13-19)26(35)33-24-3-1-2-16(8-24)15-34(25-6-4-23(32)5-7-25)27(36)18-11-21(30)14-22(31)12-18/h1-3,8-14,23,25H,4-7,15,32H2,(H,33,35). The van der Waals surface area contributed by atoms with Gasteiger partial charge in [-0.15, -0.1) is 0 Å². The van der Waals surface area contributed by atoms with Gasteiger partial charge < -0.3 is 16.0 Å². The molecule has 9 heteroatoms. The predicted molar refractivity (Wildman–Crippen MR) is 127 cm³/mol. The van der Waals surface area contributed by atoms with Crippen LogP contribution in [0.5, 0.6) is 0 Å². The Morgan fingerprint density at radius 2 is 1.36 bits per heavy atom. The van der Waals surface area contributed by atoms with Gasteiger partial charge in [0, 0.05) is 47.6 Å². The maximum absolute atomic E-state index is 13.8. The Balaban J connectivity index is 1.57. The molecule has 0 saturated heterocycles. The number of rotatable bonds is 6. The first-order valence-electron chi connectivity index (χ1n) is 11.6. The van der Waals surface area contributed by atoms with Gasteiger partial charge in [0.25, 0.3) is 11.8 Å². The number of nitrogens with zero attached hydrogens (tertiary/aromatic N) is 1. The molecule has 2 amide bonds. The van der Waals surface area contributed by atoms with Crippen molar-refractivity contribution in [3.63, 3.8) is 0 Å². The van der Waals surface area contributed by atoms with Crippen LogP contribution in [0.1, 0.15) is 52.0 Å². The number of hydrogen-bond acceptors (Lipinski definition) is 3. The van der Waals surface area contributed by atoms with Crippen LogP contribution in [0.15, 0.2) is 60.7 Å². The SMILES string of the molecule is NC1CCC(N(Cc2cccc(NC(=O)c3cc(F)cc(F)c3)c2)C(=O)c2cc(F)cc(F)c2)CC1. The molecule has 188 valence electrons. The number of carbonyl (C=O) groups excluding carboxylic acids is 2. The van der Waals surface area contributed by atoms with E-state index in [0.717, 1.165) is 24.3 Å². The molecule has 36 heavy (non-hydrogen) atoms. The van der Waals surface area contributed by atoms with E-state index in [1.165, 1.54) is 0 Å². The van der Waals surface area contributed by atoms with Crippen LogP contribution >= 0.6 is 0 Å². The molecule has 1 fully saturated rings. The number of nitrogens with two attached hydrogens (primary N) is 1. The number of carbonyl (C=O) groups is 2. The zero-order chi connectivity index (χ0) is 25.8. The van der Waals surface area contributed by atoms with Crippen molar-refractivity contribution < 1.29 is 27.2 Å². The second-order valence-corrected chi connectivity index (χ2v) is 8.97. The Labute approximate surface area is 205 Å². The van der Waals surface area contributed by atoms with Crippen LogP contribution in [-0.4, -0.2) is 28.8 Å². The fourth-order valence-corrected chi connectivity index (χ4v) is 4.46. The van der Waals surface area contributed by atoms with Crippen molar-refractivity contribution in [3.8, 4) is 0 Å². The van der Waals surface area contributed by atoms with Crippen LogP contribution in [0.25, 0.3) is 0 Å². The summed E-state index contributed by atoms with van der Waals surface area (Å²) in [6, 6.07) is 11.7. The first kappa shape index (κ1) is 25.4. The molecule has 0 heterocycles. The zero-order valence-electron chi connectivity index (χ0n) is 19.3. The second kappa shape index (κ2) is 10.9. The van der Waals surface area contributed by atoms with Gasteiger partial charge in [-0.1, -0.05) is 12.1 Å².